The van der Waals surface area contributed by atoms with Gasteiger partial charge in [-0.05, 0) is 49.1 Å². The Balaban J connectivity index is 1.27. The monoisotopic (exact) mass is 420 g/mol. The van der Waals surface area contributed by atoms with E-state index in [0.717, 1.165) is 75.0 Å². The van der Waals surface area contributed by atoms with E-state index in [4.69, 9.17) is 0 Å². The lowest BCUT2D eigenvalue weighted by molar-refractivity contribution is 0.0724. The van der Waals surface area contributed by atoms with Gasteiger partial charge >= 0.3 is 0 Å². The number of hydrogen-bond donors (Lipinski definition) is 1. The summed E-state index contributed by atoms with van der Waals surface area (Å²) in [5, 5.41) is 3.47. The Labute approximate surface area is 184 Å². The number of piperidine rings is 1. The molecule has 2 saturated heterocycles. The number of pyridine rings is 1. The van der Waals surface area contributed by atoms with Gasteiger partial charge in [0.15, 0.2) is 5.96 Å². The molecule has 2 aliphatic heterocycles. The van der Waals surface area contributed by atoms with Gasteiger partial charge in [-0.2, -0.15) is 0 Å². The molecule has 0 saturated carbocycles. The maximum Gasteiger partial charge on any atom is 0.253 e. The summed E-state index contributed by atoms with van der Waals surface area (Å²) in [6, 6.07) is 14.0. The molecular weight excluding hydrogens is 388 g/mol. The largest absolute Gasteiger partial charge is 0.353 e. The van der Waals surface area contributed by atoms with Gasteiger partial charge in [0, 0.05) is 64.6 Å². The van der Waals surface area contributed by atoms with Crippen LogP contribution in [-0.4, -0.2) is 73.0 Å². The number of nitrogens with zero attached hydrogens (tertiary/aromatic N) is 5. The zero-order valence-corrected chi connectivity index (χ0v) is 18.3. The average molecular weight is 421 g/mol. The molecule has 31 heavy (non-hydrogen) atoms. The zero-order valence-electron chi connectivity index (χ0n) is 18.3. The third-order valence-corrected chi connectivity index (χ3v) is 6.06. The van der Waals surface area contributed by atoms with Crippen molar-refractivity contribution in [2.24, 2.45) is 4.99 Å². The molecule has 1 amide bonds. The highest BCUT2D eigenvalue weighted by Gasteiger charge is 2.21. The average Bonchev–Trinajstić information content (AvgIpc) is 2.86. The van der Waals surface area contributed by atoms with Crippen LogP contribution in [0.5, 0.6) is 0 Å². The zero-order chi connectivity index (χ0) is 21.5. The molecule has 1 aromatic carbocycles. The predicted molar refractivity (Wildman–Crippen MR) is 124 cm³/mol. The van der Waals surface area contributed by atoms with Gasteiger partial charge in [0.05, 0.1) is 0 Å². The van der Waals surface area contributed by atoms with Gasteiger partial charge in [-0.3, -0.25) is 9.79 Å². The highest BCUT2D eigenvalue weighted by atomic mass is 16.2. The highest BCUT2D eigenvalue weighted by Crippen LogP contribution is 2.15. The molecule has 3 heterocycles. The van der Waals surface area contributed by atoms with E-state index in [2.05, 4.69) is 31.2 Å². The summed E-state index contributed by atoms with van der Waals surface area (Å²) < 4.78 is 0. The van der Waals surface area contributed by atoms with Crippen LogP contribution in [0.2, 0.25) is 0 Å². The lowest BCUT2D eigenvalue weighted by Gasteiger charge is -2.37. The minimum atomic E-state index is 0.154. The number of aromatic nitrogens is 1. The summed E-state index contributed by atoms with van der Waals surface area (Å²) >= 11 is 0. The molecule has 0 radical (unpaired) electrons. The number of aliphatic imine (C=N–C) groups is 1. The molecule has 0 aliphatic carbocycles. The second-order valence-corrected chi connectivity index (χ2v) is 8.11. The number of amides is 1. The molecule has 0 atom stereocenters. The third kappa shape index (κ3) is 5.34. The molecule has 164 valence electrons. The van der Waals surface area contributed by atoms with E-state index in [-0.39, 0.29) is 5.91 Å². The Kier molecular flexibility index (Phi) is 7.02. The van der Waals surface area contributed by atoms with Gasteiger partial charge in [-0.1, -0.05) is 18.2 Å². The quantitative estimate of drug-likeness (QED) is 0.609. The van der Waals surface area contributed by atoms with Gasteiger partial charge in [0.2, 0.25) is 0 Å². The van der Waals surface area contributed by atoms with Crippen LogP contribution < -0.4 is 10.2 Å². The molecule has 2 aromatic rings. The smallest absolute Gasteiger partial charge is 0.253 e. The van der Waals surface area contributed by atoms with Crippen LogP contribution in [0.15, 0.2) is 53.7 Å². The van der Waals surface area contributed by atoms with Gasteiger partial charge in [-0.25, -0.2) is 4.98 Å². The minimum absolute atomic E-state index is 0.154. The Morgan fingerprint density at radius 2 is 1.68 bits per heavy atom. The molecule has 2 fully saturated rings. The predicted octanol–water partition coefficient (Wildman–Crippen LogP) is 2.61. The highest BCUT2D eigenvalue weighted by molar-refractivity contribution is 5.94. The minimum Gasteiger partial charge on any atom is -0.353 e. The van der Waals surface area contributed by atoms with Crippen molar-refractivity contribution in [2.75, 3.05) is 51.2 Å². The Hall–Kier alpha value is -3.09. The summed E-state index contributed by atoms with van der Waals surface area (Å²) in [6.07, 6.45) is 5.30. The number of carbonyl (C=O) groups excluding carboxylic acids is 1. The number of nitrogens with one attached hydrogen (secondary N) is 1. The van der Waals surface area contributed by atoms with E-state index in [1.165, 1.54) is 6.42 Å². The first-order valence-electron chi connectivity index (χ1n) is 11.2. The Morgan fingerprint density at radius 1 is 0.935 bits per heavy atom. The summed E-state index contributed by atoms with van der Waals surface area (Å²) in [4.78, 5) is 28.1. The maximum atomic E-state index is 12.6. The number of anilines is 1. The van der Waals surface area contributed by atoms with Crippen LogP contribution in [0, 0.1) is 0 Å². The Morgan fingerprint density at radius 3 is 2.32 bits per heavy atom. The topological polar surface area (TPSA) is 64.1 Å². The number of benzene rings is 1. The first kappa shape index (κ1) is 21.2. The van der Waals surface area contributed by atoms with Crippen molar-refractivity contribution in [3.05, 3.63) is 59.8 Å². The summed E-state index contributed by atoms with van der Waals surface area (Å²) in [5.41, 5.74) is 1.92. The van der Waals surface area contributed by atoms with Crippen LogP contribution in [0.1, 0.15) is 35.2 Å². The molecule has 2 aliphatic rings. The number of hydrogen-bond acceptors (Lipinski definition) is 4. The van der Waals surface area contributed by atoms with E-state index in [0.29, 0.717) is 6.54 Å². The SMILES string of the molecule is CN=C(NCc1ccc(C(=O)N2CCCCC2)cc1)N1CCN(c2ccccn2)CC1. The third-order valence-electron chi connectivity index (χ3n) is 6.06. The van der Waals surface area contributed by atoms with E-state index < -0.39 is 0 Å². The number of guanidine groups is 1. The molecule has 7 heteroatoms. The molecule has 7 nitrogen and oxygen atoms in total. The molecule has 1 N–H and O–H groups in total. The molecular formula is C24H32N6O. The fourth-order valence-electron chi connectivity index (χ4n) is 4.25. The van der Waals surface area contributed by atoms with Gasteiger partial charge in [0.1, 0.15) is 5.82 Å². The van der Waals surface area contributed by atoms with Gasteiger partial charge in [-0.15, -0.1) is 0 Å². The number of piperazine rings is 1. The lowest BCUT2D eigenvalue weighted by Crippen LogP contribution is -2.52. The van der Waals surface area contributed by atoms with Crippen molar-refractivity contribution in [3.63, 3.8) is 0 Å². The van der Waals surface area contributed by atoms with Crippen molar-refractivity contribution in [1.82, 2.24) is 20.1 Å². The number of likely N-dealkylation sites (tertiary alicyclic amines) is 1. The normalized spacial score (nSPS) is 17.6. The van der Waals surface area contributed by atoms with Crippen molar-refractivity contribution >= 4 is 17.7 Å². The van der Waals surface area contributed by atoms with Crippen LogP contribution in [0.25, 0.3) is 0 Å². The van der Waals surface area contributed by atoms with Crippen molar-refractivity contribution in [2.45, 2.75) is 25.8 Å². The summed E-state index contributed by atoms with van der Waals surface area (Å²) in [6.45, 7) is 6.10. The van der Waals surface area contributed by atoms with E-state index in [1.54, 1.807) is 0 Å². The van der Waals surface area contributed by atoms with Crippen molar-refractivity contribution in [3.8, 4) is 0 Å². The molecule has 0 unspecified atom stereocenters. The molecule has 1 aromatic heterocycles. The van der Waals surface area contributed by atoms with E-state index in [1.807, 2.05) is 54.5 Å². The van der Waals surface area contributed by atoms with E-state index in [9.17, 15) is 4.79 Å². The second kappa shape index (κ2) is 10.3. The number of carbonyl (C=O) groups is 1. The second-order valence-electron chi connectivity index (χ2n) is 8.11. The molecule has 0 bridgehead atoms. The fraction of sp³-hybridized carbons (Fsp3) is 0.458. The van der Waals surface area contributed by atoms with E-state index >= 15 is 0 Å². The summed E-state index contributed by atoms with van der Waals surface area (Å²) in [7, 11) is 1.83. The molecule has 4 rings (SSSR count). The van der Waals surface area contributed by atoms with Crippen LogP contribution in [-0.2, 0) is 6.54 Å². The maximum absolute atomic E-state index is 12.6. The number of rotatable bonds is 4. The van der Waals surface area contributed by atoms with Gasteiger partial charge in [0.25, 0.3) is 5.91 Å². The first-order chi connectivity index (χ1) is 15.2. The van der Waals surface area contributed by atoms with Crippen molar-refractivity contribution in [1.29, 1.82) is 0 Å². The molecule has 0 spiro atoms. The van der Waals surface area contributed by atoms with Crippen molar-refractivity contribution < 1.29 is 4.79 Å². The first-order valence-corrected chi connectivity index (χ1v) is 11.2. The van der Waals surface area contributed by atoms with Crippen LogP contribution in [0.4, 0.5) is 5.82 Å². The standard InChI is InChI=1S/C24H32N6O/c1-25-24(30-17-15-28(16-18-30)22-7-3-4-12-26-22)27-19-20-8-10-21(11-9-20)23(31)29-13-5-2-6-14-29/h3-4,7-12H,2,5-6,13-19H2,1H3,(H,25,27). The van der Waals surface area contributed by atoms with Gasteiger partial charge < -0.3 is 20.0 Å². The Bertz CT molecular complexity index is 869. The van der Waals surface area contributed by atoms with Crippen LogP contribution in [0.3, 0.4) is 0 Å². The lowest BCUT2D eigenvalue weighted by atomic mass is 10.1. The van der Waals surface area contributed by atoms with Crippen LogP contribution >= 0.6 is 0 Å². The fourth-order valence-corrected chi connectivity index (χ4v) is 4.25. The summed E-state index contributed by atoms with van der Waals surface area (Å²) in [5.74, 6) is 2.10.